The fourth-order valence-corrected chi connectivity index (χ4v) is 2.11. The lowest BCUT2D eigenvalue weighted by Gasteiger charge is -2.12. The van der Waals surface area contributed by atoms with Crippen LogP contribution in [0.4, 0.5) is 13.2 Å². The summed E-state index contributed by atoms with van der Waals surface area (Å²) in [6, 6.07) is 4.78. The molecule has 23 heavy (non-hydrogen) atoms. The van der Waals surface area contributed by atoms with E-state index in [9.17, 15) is 18.3 Å². The maximum atomic E-state index is 12.5. The molecule has 0 aliphatic heterocycles. The van der Waals surface area contributed by atoms with E-state index in [1.165, 1.54) is 12.1 Å². The van der Waals surface area contributed by atoms with Crippen molar-refractivity contribution in [3.63, 3.8) is 0 Å². The number of hydrogen-bond acceptors (Lipinski definition) is 4. The van der Waals surface area contributed by atoms with Gasteiger partial charge < -0.3 is 15.6 Å². The summed E-state index contributed by atoms with van der Waals surface area (Å²) in [7, 11) is 0. The predicted octanol–water partition coefficient (Wildman–Crippen LogP) is 3.29. The number of halogens is 3. The highest BCUT2D eigenvalue weighted by Crippen LogP contribution is 2.29. The molecule has 2 rings (SSSR count). The van der Waals surface area contributed by atoms with E-state index in [2.05, 4.69) is 4.98 Å². The average Bonchev–Trinajstić information content (AvgIpc) is 2.51. The minimum atomic E-state index is -4.35. The number of benzene rings is 1. The highest BCUT2D eigenvalue weighted by Gasteiger charge is 2.29. The van der Waals surface area contributed by atoms with Crippen LogP contribution in [-0.2, 0) is 30.7 Å². The zero-order valence-electron chi connectivity index (χ0n) is 12.5. The molecule has 0 saturated heterocycles. The molecule has 0 amide bonds. The van der Waals surface area contributed by atoms with Crippen LogP contribution in [0, 0.1) is 6.92 Å². The number of aromatic nitrogens is 1. The van der Waals surface area contributed by atoms with Gasteiger partial charge in [0.15, 0.2) is 0 Å². The molecular formula is C16H17F3N2O2. The highest BCUT2D eigenvalue weighted by molar-refractivity contribution is 5.40. The van der Waals surface area contributed by atoms with Crippen molar-refractivity contribution in [2.45, 2.75) is 32.9 Å². The van der Waals surface area contributed by atoms with Gasteiger partial charge in [0.25, 0.3) is 0 Å². The molecule has 0 atom stereocenters. The smallest absolute Gasteiger partial charge is 0.416 e. The summed E-state index contributed by atoms with van der Waals surface area (Å²) in [6.07, 6.45) is -2.77. The quantitative estimate of drug-likeness (QED) is 0.885. The zero-order chi connectivity index (χ0) is 17.0. The predicted molar refractivity (Wildman–Crippen MR) is 78.5 cm³/mol. The number of hydrogen-bond donors (Lipinski definition) is 2. The van der Waals surface area contributed by atoms with Crippen LogP contribution in [-0.4, -0.2) is 10.1 Å². The molecule has 0 saturated carbocycles. The highest BCUT2D eigenvalue weighted by atomic mass is 19.4. The first-order chi connectivity index (χ1) is 10.8. The van der Waals surface area contributed by atoms with Crippen molar-refractivity contribution >= 4 is 0 Å². The Labute approximate surface area is 131 Å². The van der Waals surface area contributed by atoms with Gasteiger partial charge in [-0.2, -0.15) is 13.2 Å². The Morgan fingerprint density at radius 1 is 1.17 bits per heavy atom. The van der Waals surface area contributed by atoms with E-state index in [4.69, 9.17) is 10.5 Å². The molecule has 1 aromatic heterocycles. The van der Waals surface area contributed by atoms with Gasteiger partial charge in [0, 0.05) is 23.9 Å². The van der Waals surface area contributed by atoms with Crippen molar-refractivity contribution in [3.8, 4) is 5.75 Å². The summed E-state index contributed by atoms with van der Waals surface area (Å²) >= 11 is 0. The lowest BCUT2D eigenvalue weighted by molar-refractivity contribution is -0.137. The molecule has 2 aromatic rings. The van der Waals surface area contributed by atoms with Gasteiger partial charge in [-0.1, -0.05) is 12.1 Å². The maximum absolute atomic E-state index is 12.5. The van der Waals surface area contributed by atoms with E-state index in [-0.39, 0.29) is 25.5 Å². The average molecular weight is 326 g/mol. The largest absolute Gasteiger partial charge is 0.506 e. The van der Waals surface area contributed by atoms with E-state index in [1.807, 2.05) is 0 Å². The van der Waals surface area contributed by atoms with Gasteiger partial charge in [-0.3, -0.25) is 4.98 Å². The molecule has 0 fully saturated rings. The molecule has 124 valence electrons. The molecular weight excluding hydrogens is 309 g/mol. The van der Waals surface area contributed by atoms with Crippen LogP contribution in [0.5, 0.6) is 5.75 Å². The Hall–Kier alpha value is -2.12. The molecule has 1 aromatic carbocycles. The van der Waals surface area contributed by atoms with Crippen LogP contribution >= 0.6 is 0 Å². The Morgan fingerprint density at radius 2 is 1.83 bits per heavy atom. The molecule has 0 radical (unpaired) electrons. The summed E-state index contributed by atoms with van der Waals surface area (Å²) in [5.74, 6) is 0.0446. The van der Waals surface area contributed by atoms with E-state index in [0.29, 0.717) is 22.4 Å². The summed E-state index contributed by atoms with van der Waals surface area (Å²) in [6.45, 7) is 2.13. The topological polar surface area (TPSA) is 68.4 Å². The van der Waals surface area contributed by atoms with Gasteiger partial charge in [0.1, 0.15) is 5.75 Å². The lowest BCUT2D eigenvalue weighted by Crippen LogP contribution is -2.06. The first kappa shape index (κ1) is 17.2. The molecule has 4 nitrogen and oxygen atoms in total. The van der Waals surface area contributed by atoms with Crippen LogP contribution < -0.4 is 5.73 Å². The minimum Gasteiger partial charge on any atom is -0.506 e. The minimum absolute atomic E-state index is 0.0446. The first-order valence-electron chi connectivity index (χ1n) is 6.93. The third-order valence-electron chi connectivity index (χ3n) is 3.44. The number of alkyl halides is 3. The van der Waals surface area contributed by atoms with E-state index in [1.54, 1.807) is 13.1 Å². The SMILES string of the molecule is Cc1ncc(COCc2ccc(C(F)(F)F)cc2)c(CN)c1O. The van der Waals surface area contributed by atoms with Gasteiger partial charge in [0.2, 0.25) is 0 Å². The lowest BCUT2D eigenvalue weighted by atomic mass is 10.1. The van der Waals surface area contributed by atoms with Crippen LogP contribution in [0.3, 0.4) is 0 Å². The van der Waals surface area contributed by atoms with Crippen LogP contribution in [0.2, 0.25) is 0 Å². The zero-order valence-corrected chi connectivity index (χ0v) is 12.5. The molecule has 0 unspecified atom stereocenters. The van der Waals surface area contributed by atoms with Gasteiger partial charge in [-0.05, 0) is 24.6 Å². The normalized spacial score (nSPS) is 11.7. The number of rotatable bonds is 5. The standard InChI is InChI=1S/C16H17F3N2O2/c1-10-15(22)14(6-20)12(7-21-10)9-23-8-11-2-4-13(5-3-11)16(17,18)19/h2-5,7,22H,6,8-9,20H2,1H3. The second-order valence-corrected chi connectivity index (χ2v) is 5.09. The Kier molecular flexibility index (Phi) is 5.23. The van der Waals surface area contributed by atoms with Gasteiger partial charge in [-0.15, -0.1) is 0 Å². The summed E-state index contributed by atoms with van der Waals surface area (Å²) in [5, 5.41) is 9.90. The number of nitrogens with zero attached hydrogens (tertiary/aromatic N) is 1. The Balaban J connectivity index is 1.99. The molecule has 3 N–H and O–H groups in total. The third-order valence-corrected chi connectivity index (χ3v) is 3.44. The Morgan fingerprint density at radius 3 is 2.39 bits per heavy atom. The molecule has 7 heteroatoms. The van der Waals surface area contributed by atoms with E-state index >= 15 is 0 Å². The van der Waals surface area contributed by atoms with Crippen molar-refractivity contribution in [2.24, 2.45) is 5.73 Å². The van der Waals surface area contributed by atoms with Crippen LogP contribution in [0.1, 0.15) is 27.9 Å². The van der Waals surface area contributed by atoms with Crippen molar-refractivity contribution in [1.82, 2.24) is 4.98 Å². The molecule has 1 heterocycles. The number of ether oxygens (including phenoxy) is 1. The number of pyridine rings is 1. The number of aromatic hydroxyl groups is 1. The monoisotopic (exact) mass is 326 g/mol. The molecule has 0 aliphatic carbocycles. The van der Waals surface area contributed by atoms with Gasteiger partial charge >= 0.3 is 6.18 Å². The molecule has 0 spiro atoms. The van der Waals surface area contributed by atoms with Crippen molar-refractivity contribution < 1.29 is 23.0 Å². The van der Waals surface area contributed by atoms with Crippen LogP contribution in [0.25, 0.3) is 0 Å². The van der Waals surface area contributed by atoms with E-state index in [0.717, 1.165) is 12.1 Å². The second-order valence-electron chi connectivity index (χ2n) is 5.09. The summed E-state index contributed by atoms with van der Waals surface area (Å²) in [5.41, 5.74) is 7.24. The maximum Gasteiger partial charge on any atom is 0.416 e. The summed E-state index contributed by atoms with van der Waals surface area (Å²) < 4.78 is 42.9. The van der Waals surface area contributed by atoms with E-state index < -0.39 is 11.7 Å². The van der Waals surface area contributed by atoms with Gasteiger partial charge in [-0.25, -0.2) is 0 Å². The van der Waals surface area contributed by atoms with Crippen molar-refractivity contribution in [3.05, 3.63) is 58.4 Å². The van der Waals surface area contributed by atoms with Crippen molar-refractivity contribution in [1.29, 1.82) is 0 Å². The van der Waals surface area contributed by atoms with Gasteiger partial charge in [0.05, 0.1) is 24.5 Å². The summed E-state index contributed by atoms with van der Waals surface area (Å²) in [4.78, 5) is 4.04. The molecule has 0 bridgehead atoms. The third kappa shape index (κ3) is 4.20. The fourth-order valence-electron chi connectivity index (χ4n) is 2.11. The Bertz CT molecular complexity index is 670. The fraction of sp³-hybridized carbons (Fsp3) is 0.312. The first-order valence-corrected chi connectivity index (χ1v) is 6.93. The van der Waals surface area contributed by atoms with Crippen molar-refractivity contribution in [2.75, 3.05) is 0 Å². The number of nitrogens with two attached hydrogens (primary N) is 1. The number of aryl methyl sites for hydroxylation is 1. The molecule has 0 aliphatic rings. The second kappa shape index (κ2) is 6.97. The van der Waals surface area contributed by atoms with Crippen LogP contribution in [0.15, 0.2) is 30.5 Å².